The molecule has 7 nitrogen and oxygen atoms in total. The first-order valence-corrected chi connectivity index (χ1v) is 16.3. The number of hydrogen-bond donors (Lipinski definition) is 2. The predicted octanol–water partition coefficient (Wildman–Crippen LogP) is 6.64. The van der Waals surface area contributed by atoms with Gasteiger partial charge >= 0.3 is 12.3 Å². The monoisotopic (exact) mass is 619 g/mol. The number of sulfonamides is 1. The highest BCUT2D eigenvalue weighted by atomic mass is 32.2. The standard InChI is InChI=1S/C28H37F4N3O4S2/c1-27(2,3)39-26(36)35-13-12-22(21(29)16-35)33-23-7-5-6-19-20(15-28(30,31)32)24(40-25(19)23)14-17-8-10-18(11-9-17)34-41(4,37)38/h5-7,14,18,21-22,33-34H,8-13,15-16H2,1-4H3/t18?,21-,22+/m0/s1. The molecule has 1 saturated heterocycles. The van der Waals surface area contributed by atoms with E-state index in [9.17, 15) is 26.4 Å². The van der Waals surface area contributed by atoms with Gasteiger partial charge in [-0.05, 0) is 76.0 Å². The van der Waals surface area contributed by atoms with Crippen LogP contribution in [0.15, 0.2) is 23.8 Å². The Kier molecular flexibility index (Phi) is 9.30. The van der Waals surface area contributed by atoms with Gasteiger partial charge in [-0.15, -0.1) is 11.3 Å². The number of alkyl halides is 4. The molecule has 41 heavy (non-hydrogen) atoms. The van der Waals surface area contributed by atoms with E-state index in [1.807, 2.05) is 6.08 Å². The number of allylic oxidation sites excluding steroid dienone is 1. The van der Waals surface area contributed by atoms with E-state index >= 15 is 4.39 Å². The number of hydrogen-bond acceptors (Lipinski definition) is 6. The second-order valence-corrected chi connectivity index (χ2v) is 14.7. The Morgan fingerprint density at radius 2 is 1.85 bits per heavy atom. The fraction of sp³-hybridized carbons (Fsp3) is 0.607. The lowest BCUT2D eigenvalue weighted by atomic mass is 9.90. The van der Waals surface area contributed by atoms with Crippen molar-refractivity contribution in [3.63, 3.8) is 0 Å². The van der Waals surface area contributed by atoms with E-state index in [1.54, 1.807) is 39.0 Å². The second-order valence-electron chi connectivity index (χ2n) is 11.9. The lowest BCUT2D eigenvalue weighted by Crippen LogP contribution is -2.51. The van der Waals surface area contributed by atoms with Gasteiger partial charge in [0.2, 0.25) is 10.0 Å². The molecule has 2 atom stereocenters. The molecular formula is C28H37F4N3O4S2. The molecule has 0 radical (unpaired) electrons. The first-order chi connectivity index (χ1) is 19.0. The minimum Gasteiger partial charge on any atom is -0.444 e. The number of fused-ring (bicyclic) bond motifs is 1. The van der Waals surface area contributed by atoms with Crippen molar-refractivity contribution in [3.05, 3.63) is 34.2 Å². The average Bonchev–Trinajstić information content (AvgIpc) is 3.16. The van der Waals surface area contributed by atoms with E-state index in [1.165, 1.54) is 16.2 Å². The Morgan fingerprint density at radius 3 is 2.44 bits per heavy atom. The maximum atomic E-state index is 15.2. The Hall–Kier alpha value is -2.38. The lowest BCUT2D eigenvalue weighted by molar-refractivity contribution is -0.126. The van der Waals surface area contributed by atoms with Crippen LogP contribution in [0.3, 0.4) is 0 Å². The lowest BCUT2D eigenvalue weighted by Gasteiger charge is -2.36. The molecule has 0 spiro atoms. The topological polar surface area (TPSA) is 87.7 Å². The van der Waals surface area contributed by atoms with Gasteiger partial charge in [0.15, 0.2) is 0 Å². The molecule has 2 N–H and O–H groups in total. The van der Waals surface area contributed by atoms with E-state index in [0.29, 0.717) is 59.3 Å². The molecule has 1 amide bonds. The zero-order valence-electron chi connectivity index (χ0n) is 23.6. The van der Waals surface area contributed by atoms with Gasteiger partial charge in [0, 0.05) is 17.5 Å². The summed E-state index contributed by atoms with van der Waals surface area (Å²) in [5.74, 6) is 0. The number of amides is 1. The van der Waals surface area contributed by atoms with Crippen molar-refractivity contribution in [2.24, 2.45) is 0 Å². The Bertz CT molecular complexity index is 1390. The number of carbonyl (C=O) groups excluding carboxylic acids is 1. The molecule has 4 rings (SSSR count). The number of rotatable bonds is 6. The van der Waals surface area contributed by atoms with Crippen LogP contribution in [0, 0.1) is 0 Å². The molecular weight excluding hydrogens is 582 g/mol. The van der Waals surface area contributed by atoms with Gasteiger partial charge in [0.25, 0.3) is 0 Å². The van der Waals surface area contributed by atoms with Crippen LogP contribution < -0.4 is 10.0 Å². The number of halogens is 4. The molecule has 2 aromatic rings. The predicted molar refractivity (Wildman–Crippen MR) is 155 cm³/mol. The van der Waals surface area contributed by atoms with E-state index in [0.717, 1.165) is 11.8 Å². The van der Waals surface area contributed by atoms with Crippen molar-refractivity contribution in [2.75, 3.05) is 24.7 Å². The molecule has 2 aliphatic rings. The summed E-state index contributed by atoms with van der Waals surface area (Å²) >= 11 is 1.24. The summed E-state index contributed by atoms with van der Waals surface area (Å²) in [6, 6.07) is 4.25. The highest BCUT2D eigenvalue weighted by molar-refractivity contribution is 7.88. The zero-order valence-corrected chi connectivity index (χ0v) is 25.2. The van der Waals surface area contributed by atoms with Crippen LogP contribution >= 0.6 is 11.3 Å². The molecule has 1 aliphatic heterocycles. The number of likely N-dealkylation sites (tertiary alicyclic amines) is 1. The summed E-state index contributed by atoms with van der Waals surface area (Å²) < 4.78 is 87.9. The van der Waals surface area contributed by atoms with E-state index in [2.05, 4.69) is 10.0 Å². The van der Waals surface area contributed by atoms with Crippen molar-refractivity contribution >= 4 is 49.3 Å². The Labute approximate surface area is 242 Å². The normalized spacial score (nSPS) is 22.6. The van der Waals surface area contributed by atoms with Gasteiger partial charge in [-0.3, -0.25) is 0 Å². The highest BCUT2D eigenvalue weighted by Gasteiger charge is 2.35. The minimum atomic E-state index is -4.42. The van der Waals surface area contributed by atoms with Crippen LogP contribution in [0.1, 0.15) is 63.3 Å². The van der Waals surface area contributed by atoms with Crippen molar-refractivity contribution in [3.8, 4) is 0 Å². The van der Waals surface area contributed by atoms with Crippen LogP contribution in [-0.4, -0.2) is 68.8 Å². The van der Waals surface area contributed by atoms with Crippen LogP contribution in [0.25, 0.3) is 16.2 Å². The Balaban J connectivity index is 1.56. The van der Waals surface area contributed by atoms with Gasteiger partial charge in [0.05, 0.1) is 35.7 Å². The highest BCUT2D eigenvalue weighted by Crippen LogP contribution is 2.42. The smallest absolute Gasteiger partial charge is 0.410 e. The van der Waals surface area contributed by atoms with Crippen molar-refractivity contribution in [1.82, 2.24) is 9.62 Å². The number of nitrogens with zero attached hydrogens (tertiary/aromatic N) is 1. The number of carbonyl (C=O) groups is 1. The van der Waals surface area contributed by atoms with Crippen LogP contribution in [0.2, 0.25) is 0 Å². The van der Waals surface area contributed by atoms with Crippen LogP contribution in [0.4, 0.5) is 28.0 Å². The molecule has 13 heteroatoms. The average molecular weight is 620 g/mol. The third kappa shape index (κ3) is 8.81. The fourth-order valence-corrected chi connectivity index (χ4v) is 7.43. The molecule has 0 unspecified atom stereocenters. The molecule has 228 valence electrons. The number of ether oxygens (including phenoxy) is 1. The van der Waals surface area contributed by atoms with E-state index in [4.69, 9.17) is 4.74 Å². The maximum absolute atomic E-state index is 15.2. The molecule has 1 aliphatic carbocycles. The molecule has 2 heterocycles. The maximum Gasteiger partial charge on any atom is 0.410 e. The van der Waals surface area contributed by atoms with Crippen molar-refractivity contribution < 1.29 is 35.5 Å². The number of thiophene rings is 1. The third-order valence-corrected chi connectivity index (χ3v) is 9.09. The van der Waals surface area contributed by atoms with Crippen molar-refractivity contribution in [1.29, 1.82) is 0 Å². The van der Waals surface area contributed by atoms with Crippen LogP contribution in [0.5, 0.6) is 0 Å². The van der Waals surface area contributed by atoms with Crippen molar-refractivity contribution in [2.45, 2.75) is 89.3 Å². The minimum absolute atomic E-state index is 0.140. The Morgan fingerprint density at radius 1 is 1.17 bits per heavy atom. The third-order valence-electron chi connectivity index (χ3n) is 7.10. The zero-order chi connectivity index (χ0) is 30.2. The SMILES string of the molecule is CC(C)(C)OC(=O)N1CC[C@@H](Nc2cccc3c(CC(F)(F)F)c(C=C4CCC(NS(C)(=O)=O)CC4)sc23)[C@@H](F)C1. The van der Waals surface area contributed by atoms with Gasteiger partial charge in [-0.1, -0.05) is 17.7 Å². The number of benzene rings is 1. The van der Waals surface area contributed by atoms with Gasteiger partial charge in [0.1, 0.15) is 11.8 Å². The summed E-state index contributed by atoms with van der Waals surface area (Å²) in [6.45, 7) is 5.38. The number of piperidine rings is 1. The molecule has 1 aromatic heterocycles. The summed E-state index contributed by atoms with van der Waals surface area (Å²) in [7, 11) is -3.33. The summed E-state index contributed by atoms with van der Waals surface area (Å²) in [5.41, 5.74) is 1.02. The number of anilines is 1. The summed E-state index contributed by atoms with van der Waals surface area (Å²) in [4.78, 5) is 14.2. The molecule has 1 saturated carbocycles. The first kappa shape index (κ1) is 31.6. The molecule has 0 bridgehead atoms. The van der Waals surface area contributed by atoms with E-state index < -0.39 is 46.5 Å². The number of nitrogens with one attached hydrogen (secondary N) is 2. The first-order valence-electron chi connectivity index (χ1n) is 13.6. The van der Waals surface area contributed by atoms with Gasteiger partial charge < -0.3 is 15.0 Å². The summed E-state index contributed by atoms with van der Waals surface area (Å²) in [6.07, 6.45) is -1.92. The second kappa shape index (κ2) is 12.1. The van der Waals surface area contributed by atoms with E-state index in [-0.39, 0.29) is 18.2 Å². The fourth-order valence-electron chi connectivity index (χ4n) is 5.30. The van der Waals surface area contributed by atoms with Gasteiger partial charge in [-0.25, -0.2) is 22.3 Å². The molecule has 1 aromatic carbocycles. The van der Waals surface area contributed by atoms with Gasteiger partial charge in [-0.2, -0.15) is 13.2 Å². The summed E-state index contributed by atoms with van der Waals surface area (Å²) in [5, 5.41) is 3.68. The van der Waals surface area contributed by atoms with Crippen LogP contribution in [-0.2, 0) is 21.2 Å². The largest absolute Gasteiger partial charge is 0.444 e. The quantitative estimate of drug-likeness (QED) is 0.354. The molecule has 2 fully saturated rings.